The second kappa shape index (κ2) is 4.90. The lowest BCUT2D eigenvalue weighted by Crippen LogP contribution is -2.28. The molecule has 19 heavy (non-hydrogen) atoms. The number of amides is 1. The number of carbonyl (C=O) groups excluding carboxylic acids is 1. The molecule has 0 N–H and O–H groups in total. The van der Waals surface area contributed by atoms with Crippen LogP contribution in [-0.4, -0.2) is 16.8 Å². The molecule has 0 unspecified atom stereocenters. The summed E-state index contributed by atoms with van der Waals surface area (Å²) < 4.78 is 5.05. The second-order valence-electron chi connectivity index (χ2n) is 4.27. The lowest BCUT2D eigenvalue weighted by atomic mass is 10.2. The van der Waals surface area contributed by atoms with Crippen molar-refractivity contribution >= 4 is 35.1 Å². The van der Waals surface area contributed by atoms with Crippen LogP contribution in [0.3, 0.4) is 0 Å². The summed E-state index contributed by atoms with van der Waals surface area (Å²) in [6.07, 6.45) is 0. The Bertz CT molecular complexity index is 611. The highest BCUT2D eigenvalue weighted by molar-refractivity contribution is 8.00. The van der Waals surface area contributed by atoms with Crippen LogP contribution in [0.1, 0.15) is 16.7 Å². The van der Waals surface area contributed by atoms with Gasteiger partial charge in [0.15, 0.2) is 5.82 Å². The predicted octanol–water partition coefficient (Wildman–Crippen LogP) is 3.42. The molecule has 1 atom stereocenters. The molecule has 1 aromatic heterocycles. The number of benzene rings is 1. The zero-order chi connectivity index (χ0) is 13.4. The maximum atomic E-state index is 12.0. The Morgan fingerprint density at radius 2 is 2.16 bits per heavy atom. The van der Waals surface area contributed by atoms with E-state index in [0.717, 1.165) is 5.56 Å². The molecular formula is C13H11ClN2O2S. The maximum absolute atomic E-state index is 12.0. The fourth-order valence-electron chi connectivity index (χ4n) is 2.01. The van der Waals surface area contributed by atoms with Crippen molar-refractivity contribution in [2.45, 2.75) is 12.3 Å². The van der Waals surface area contributed by atoms with E-state index < -0.39 is 0 Å². The maximum Gasteiger partial charge on any atom is 0.239 e. The highest BCUT2D eigenvalue weighted by Gasteiger charge is 2.35. The number of aromatic nitrogens is 1. The van der Waals surface area contributed by atoms with Gasteiger partial charge in [0.25, 0.3) is 0 Å². The average Bonchev–Trinajstić information content (AvgIpc) is 2.96. The number of halogens is 1. The van der Waals surface area contributed by atoms with Crippen LogP contribution in [0.5, 0.6) is 0 Å². The van der Waals surface area contributed by atoms with Gasteiger partial charge in [0.05, 0.1) is 5.75 Å². The minimum atomic E-state index is -0.0748. The summed E-state index contributed by atoms with van der Waals surface area (Å²) in [6.45, 7) is 1.81. The van der Waals surface area contributed by atoms with Gasteiger partial charge in [-0.05, 0) is 24.6 Å². The van der Waals surface area contributed by atoms with Crippen molar-refractivity contribution in [3.8, 4) is 0 Å². The molecule has 1 aliphatic heterocycles. The van der Waals surface area contributed by atoms with Crippen LogP contribution in [0, 0.1) is 6.92 Å². The fourth-order valence-corrected chi connectivity index (χ4v) is 3.30. The molecule has 1 amide bonds. The van der Waals surface area contributed by atoms with Crippen LogP contribution in [-0.2, 0) is 4.79 Å². The fraction of sp³-hybridized carbons (Fsp3) is 0.231. The molecule has 98 valence electrons. The summed E-state index contributed by atoms with van der Waals surface area (Å²) in [5.74, 6) is 1.74. The first kappa shape index (κ1) is 12.6. The highest BCUT2D eigenvalue weighted by atomic mass is 35.5. The lowest BCUT2D eigenvalue weighted by molar-refractivity contribution is -0.115. The summed E-state index contributed by atoms with van der Waals surface area (Å²) in [6, 6.07) is 9.28. The van der Waals surface area contributed by atoms with Gasteiger partial charge in [0.1, 0.15) is 11.1 Å². The van der Waals surface area contributed by atoms with Crippen molar-refractivity contribution in [3.63, 3.8) is 0 Å². The molecule has 1 aliphatic rings. The number of hydrogen-bond donors (Lipinski definition) is 0. The Balaban J connectivity index is 1.96. The third kappa shape index (κ3) is 2.35. The van der Waals surface area contributed by atoms with Gasteiger partial charge < -0.3 is 4.52 Å². The van der Waals surface area contributed by atoms with Crippen LogP contribution in [0.2, 0.25) is 5.02 Å². The quantitative estimate of drug-likeness (QED) is 0.851. The molecule has 1 fully saturated rings. The standard InChI is InChI=1S/C13H11ClN2O2S/c1-8-6-11(15-18-8)16-12(17)7-19-13(16)9-2-4-10(14)5-3-9/h2-6,13H,7H2,1H3/t13-/m0/s1. The molecule has 0 spiro atoms. The zero-order valence-electron chi connectivity index (χ0n) is 10.2. The summed E-state index contributed by atoms with van der Waals surface area (Å²) >= 11 is 7.46. The van der Waals surface area contributed by atoms with Crippen molar-refractivity contribution in [2.75, 3.05) is 10.7 Å². The molecule has 4 nitrogen and oxygen atoms in total. The minimum Gasteiger partial charge on any atom is -0.360 e. The van der Waals surface area contributed by atoms with E-state index in [1.807, 2.05) is 31.2 Å². The van der Waals surface area contributed by atoms with E-state index in [0.29, 0.717) is 22.4 Å². The molecule has 2 aromatic rings. The smallest absolute Gasteiger partial charge is 0.239 e. The van der Waals surface area contributed by atoms with Gasteiger partial charge >= 0.3 is 0 Å². The molecule has 1 aromatic carbocycles. The van der Waals surface area contributed by atoms with Gasteiger partial charge in [-0.1, -0.05) is 28.9 Å². The van der Waals surface area contributed by atoms with Crippen molar-refractivity contribution in [2.24, 2.45) is 0 Å². The van der Waals surface area contributed by atoms with Crippen LogP contribution in [0.15, 0.2) is 34.9 Å². The van der Waals surface area contributed by atoms with E-state index in [1.54, 1.807) is 22.7 Å². The summed E-state index contributed by atoms with van der Waals surface area (Å²) in [7, 11) is 0. The van der Waals surface area contributed by atoms with E-state index in [-0.39, 0.29) is 11.3 Å². The lowest BCUT2D eigenvalue weighted by Gasteiger charge is -2.21. The van der Waals surface area contributed by atoms with Gasteiger partial charge in [0.2, 0.25) is 5.91 Å². The van der Waals surface area contributed by atoms with E-state index in [2.05, 4.69) is 5.16 Å². The molecule has 0 radical (unpaired) electrons. The Morgan fingerprint density at radius 3 is 2.79 bits per heavy atom. The number of nitrogens with zero attached hydrogens (tertiary/aromatic N) is 2. The zero-order valence-corrected chi connectivity index (χ0v) is 11.7. The molecule has 0 saturated carbocycles. The normalized spacial score (nSPS) is 19.2. The Kier molecular flexibility index (Phi) is 3.24. The molecule has 6 heteroatoms. The molecule has 0 aliphatic carbocycles. The van der Waals surface area contributed by atoms with Gasteiger partial charge in [-0.25, -0.2) is 0 Å². The van der Waals surface area contributed by atoms with Crippen LogP contribution >= 0.6 is 23.4 Å². The number of thioether (sulfide) groups is 1. The SMILES string of the molecule is Cc1cc(N2C(=O)CS[C@H]2c2ccc(Cl)cc2)no1. The largest absolute Gasteiger partial charge is 0.360 e. The van der Waals surface area contributed by atoms with E-state index >= 15 is 0 Å². The number of rotatable bonds is 2. The van der Waals surface area contributed by atoms with E-state index in [1.165, 1.54) is 0 Å². The minimum absolute atomic E-state index is 0.0400. The summed E-state index contributed by atoms with van der Waals surface area (Å²) in [5.41, 5.74) is 1.03. The number of carbonyl (C=O) groups is 1. The monoisotopic (exact) mass is 294 g/mol. The van der Waals surface area contributed by atoms with Crippen molar-refractivity contribution < 1.29 is 9.32 Å². The Morgan fingerprint density at radius 1 is 1.42 bits per heavy atom. The van der Waals surface area contributed by atoms with Gasteiger partial charge in [-0.3, -0.25) is 9.69 Å². The summed E-state index contributed by atoms with van der Waals surface area (Å²) in [5, 5.41) is 4.54. The van der Waals surface area contributed by atoms with Crippen molar-refractivity contribution in [1.82, 2.24) is 5.16 Å². The van der Waals surface area contributed by atoms with Gasteiger partial charge in [-0.15, -0.1) is 11.8 Å². The van der Waals surface area contributed by atoms with Crippen LogP contribution in [0.4, 0.5) is 5.82 Å². The summed E-state index contributed by atoms with van der Waals surface area (Å²) in [4.78, 5) is 13.7. The molecule has 1 saturated heterocycles. The van der Waals surface area contributed by atoms with Crippen LogP contribution in [0.25, 0.3) is 0 Å². The number of hydrogen-bond acceptors (Lipinski definition) is 4. The third-order valence-electron chi connectivity index (χ3n) is 2.89. The number of anilines is 1. The third-order valence-corrected chi connectivity index (χ3v) is 4.35. The first-order chi connectivity index (χ1) is 9.15. The van der Waals surface area contributed by atoms with E-state index in [9.17, 15) is 4.79 Å². The van der Waals surface area contributed by atoms with Crippen molar-refractivity contribution in [3.05, 3.63) is 46.7 Å². The topological polar surface area (TPSA) is 46.3 Å². The van der Waals surface area contributed by atoms with Gasteiger partial charge in [0, 0.05) is 11.1 Å². The molecule has 3 rings (SSSR count). The first-order valence-electron chi connectivity index (χ1n) is 5.77. The Labute approximate surface area is 119 Å². The first-order valence-corrected chi connectivity index (χ1v) is 7.20. The molecule has 0 bridgehead atoms. The van der Waals surface area contributed by atoms with Crippen LogP contribution < -0.4 is 4.90 Å². The predicted molar refractivity (Wildman–Crippen MR) is 75.4 cm³/mol. The Hall–Kier alpha value is -1.46. The number of aryl methyl sites for hydroxylation is 1. The average molecular weight is 295 g/mol. The van der Waals surface area contributed by atoms with Crippen molar-refractivity contribution in [1.29, 1.82) is 0 Å². The van der Waals surface area contributed by atoms with E-state index in [4.69, 9.17) is 16.1 Å². The molecule has 2 heterocycles. The second-order valence-corrected chi connectivity index (χ2v) is 5.78. The molecular weight excluding hydrogens is 284 g/mol. The van der Waals surface area contributed by atoms with Gasteiger partial charge in [-0.2, -0.15) is 0 Å². The highest BCUT2D eigenvalue weighted by Crippen LogP contribution is 2.41.